The summed E-state index contributed by atoms with van der Waals surface area (Å²) in [7, 11) is 0. The zero-order chi connectivity index (χ0) is 7.00. The lowest BCUT2D eigenvalue weighted by Gasteiger charge is -2.14. The molecule has 0 bridgehead atoms. The van der Waals surface area contributed by atoms with Crippen molar-refractivity contribution < 1.29 is 9.47 Å². The third-order valence-electron chi connectivity index (χ3n) is 3.80. The number of rotatable bonds is 0. The van der Waals surface area contributed by atoms with Gasteiger partial charge in [-0.05, 0) is 17.8 Å². The molecule has 4 aliphatic rings. The summed E-state index contributed by atoms with van der Waals surface area (Å²) in [6, 6.07) is 0. The van der Waals surface area contributed by atoms with Crippen LogP contribution >= 0.6 is 0 Å². The maximum absolute atomic E-state index is 5.55. The molecular formula is C9H10O2. The van der Waals surface area contributed by atoms with Crippen molar-refractivity contribution in [1.82, 2.24) is 0 Å². The molecule has 1 aliphatic heterocycles. The van der Waals surface area contributed by atoms with E-state index < -0.39 is 0 Å². The molecule has 0 N–H and O–H groups in total. The number of allylic oxidation sites excluding steroid dienone is 1. The number of hydrogen-bond donors (Lipinski definition) is 0. The van der Waals surface area contributed by atoms with E-state index in [4.69, 9.17) is 9.47 Å². The fourth-order valence-corrected chi connectivity index (χ4v) is 3.35. The molecule has 4 rings (SSSR count). The molecule has 58 valence electrons. The number of hydrogen-bond acceptors (Lipinski definition) is 2. The third kappa shape index (κ3) is 0.422. The molecule has 0 unspecified atom stereocenters. The average molecular weight is 150 g/mol. The summed E-state index contributed by atoms with van der Waals surface area (Å²) in [5.41, 5.74) is 0. The summed E-state index contributed by atoms with van der Waals surface area (Å²) < 4.78 is 11.1. The second-order valence-electron chi connectivity index (χ2n) is 4.07. The molecule has 0 aromatic rings. The van der Waals surface area contributed by atoms with Gasteiger partial charge in [0, 0.05) is 5.92 Å². The normalized spacial score (nSPS) is 68.4. The van der Waals surface area contributed by atoms with Gasteiger partial charge in [0.2, 0.25) is 0 Å². The maximum Gasteiger partial charge on any atom is 0.147 e. The molecule has 2 heteroatoms. The number of fused-ring (bicyclic) bond motifs is 4. The van der Waals surface area contributed by atoms with Crippen molar-refractivity contribution in [2.45, 2.75) is 12.2 Å². The first-order valence-corrected chi connectivity index (χ1v) is 4.38. The molecular weight excluding hydrogens is 140 g/mol. The van der Waals surface area contributed by atoms with Gasteiger partial charge < -0.3 is 9.47 Å². The molecule has 3 aliphatic carbocycles. The summed E-state index contributed by atoms with van der Waals surface area (Å²) in [6.07, 6.45) is 5.57. The van der Waals surface area contributed by atoms with Gasteiger partial charge in [0.15, 0.2) is 0 Å². The van der Waals surface area contributed by atoms with E-state index in [-0.39, 0.29) is 0 Å². The van der Waals surface area contributed by atoms with Crippen molar-refractivity contribution in [3.05, 3.63) is 12.2 Å². The van der Waals surface area contributed by atoms with Gasteiger partial charge in [0.1, 0.15) is 6.79 Å². The Morgan fingerprint density at radius 3 is 2.73 bits per heavy atom. The molecule has 2 nitrogen and oxygen atoms in total. The van der Waals surface area contributed by atoms with Gasteiger partial charge >= 0.3 is 0 Å². The second-order valence-corrected chi connectivity index (χ2v) is 4.07. The van der Waals surface area contributed by atoms with E-state index in [2.05, 4.69) is 12.2 Å². The zero-order valence-corrected chi connectivity index (χ0v) is 6.14. The summed E-state index contributed by atoms with van der Waals surface area (Å²) in [6.45, 7) is 0.537. The van der Waals surface area contributed by atoms with E-state index in [1.807, 2.05) is 0 Å². The van der Waals surface area contributed by atoms with Crippen LogP contribution in [0.5, 0.6) is 0 Å². The van der Waals surface area contributed by atoms with Crippen molar-refractivity contribution in [2.24, 2.45) is 23.7 Å². The predicted molar refractivity (Wildman–Crippen MR) is 37.7 cm³/mol. The highest BCUT2D eigenvalue weighted by molar-refractivity contribution is 5.30. The van der Waals surface area contributed by atoms with Crippen molar-refractivity contribution >= 4 is 0 Å². The Morgan fingerprint density at radius 2 is 1.73 bits per heavy atom. The fraction of sp³-hybridized carbons (Fsp3) is 0.778. The van der Waals surface area contributed by atoms with Crippen LogP contribution < -0.4 is 0 Å². The van der Waals surface area contributed by atoms with E-state index >= 15 is 0 Å². The first kappa shape index (κ1) is 5.33. The Morgan fingerprint density at radius 1 is 0.909 bits per heavy atom. The molecule has 6 atom stereocenters. The lowest BCUT2D eigenvalue weighted by molar-refractivity contribution is 0.0208. The molecule has 0 aromatic heterocycles. The third-order valence-corrected chi connectivity index (χ3v) is 3.80. The zero-order valence-electron chi connectivity index (χ0n) is 6.14. The van der Waals surface area contributed by atoms with Gasteiger partial charge in [-0.1, -0.05) is 12.2 Å². The average Bonchev–Trinajstić information content (AvgIpc) is 2.48. The molecule has 0 radical (unpaired) electrons. The van der Waals surface area contributed by atoms with Crippen LogP contribution in [0.3, 0.4) is 0 Å². The largest absolute Gasteiger partial charge is 0.349 e. The highest BCUT2D eigenvalue weighted by Gasteiger charge is 2.70. The second kappa shape index (κ2) is 1.41. The van der Waals surface area contributed by atoms with Crippen LogP contribution in [-0.2, 0) is 9.47 Å². The summed E-state index contributed by atoms with van der Waals surface area (Å²) in [4.78, 5) is 0. The van der Waals surface area contributed by atoms with E-state index in [1.165, 1.54) is 0 Å². The monoisotopic (exact) mass is 150 g/mol. The summed E-state index contributed by atoms with van der Waals surface area (Å²) >= 11 is 0. The minimum atomic E-state index is 0.417. The highest BCUT2D eigenvalue weighted by atomic mass is 16.7. The van der Waals surface area contributed by atoms with E-state index in [9.17, 15) is 0 Å². The molecule has 1 heterocycles. The molecule has 1 saturated heterocycles. The SMILES string of the molecule is C1=C[C@H]2[C@@H]3[C@@H]1[C@@H]1OCO[C@@H]1[C@@H]23. The summed E-state index contributed by atoms with van der Waals surface area (Å²) in [5.74, 6) is 3.31. The Bertz CT molecular complexity index is 248. The first-order chi connectivity index (χ1) is 5.47. The van der Waals surface area contributed by atoms with Gasteiger partial charge in [0.05, 0.1) is 12.2 Å². The van der Waals surface area contributed by atoms with E-state index in [1.54, 1.807) is 0 Å². The lowest BCUT2D eigenvalue weighted by Crippen LogP contribution is -2.25. The Labute approximate surface area is 65.2 Å². The number of ether oxygens (including phenoxy) is 2. The Hall–Kier alpha value is -0.340. The van der Waals surface area contributed by atoms with Gasteiger partial charge in [0.25, 0.3) is 0 Å². The lowest BCUT2D eigenvalue weighted by atomic mass is 10.0. The van der Waals surface area contributed by atoms with Crippen molar-refractivity contribution in [3.63, 3.8) is 0 Å². The predicted octanol–water partition coefficient (Wildman–Crippen LogP) is 0.790. The minimum Gasteiger partial charge on any atom is -0.349 e. The summed E-state index contributed by atoms with van der Waals surface area (Å²) in [5, 5.41) is 0. The highest BCUT2D eigenvalue weighted by Crippen LogP contribution is 2.67. The molecule has 3 fully saturated rings. The van der Waals surface area contributed by atoms with Gasteiger partial charge in [-0.15, -0.1) is 0 Å². The molecule has 0 amide bonds. The molecule has 11 heavy (non-hydrogen) atoms. The van der Waals surface area contributed by atoms with Gasteiger partial charge in [-0.2, -0.15) is 0 Å². The Kier molecular flexibility index (Phi) is 0.684. The first-order valence-electron chi connectivity index (χ1n) is 4.38. The van der Waals surface area contributed by atoms with E-state index in [0.717, 1.165) is 17.8 Å². The molecule has 0 spiro atoms. The molecule has 2 saturated carbocycles. The fourth-order valence-electron chi connectivity index (χ4n) is 3.35. The minimum absolute atomic E-state index is 0.417. The van der Waals surface area contributed by atoms with Gasteiger partial charge in [-0.25, -0.2) is 0 Å². The topological polar surface area (TPSA) is 18.5 Å². The standard InChI is InChI=1S/C9H10O2/c1-2-5-6-4(1)7(6)9-8(5)10-3-11-9/h1-2,4-9H,3H2/t4-,5+,6+,7-,8-,9+/m0/s1. The Balaban J connectivity index is 1.83. The quantitative estimate of drug-likeness (QED) is 0.475. The van der Waals surface area contributed by atoms with Crippen LogP contribution in [0.15, 0.2) is 12.2 Å². The van der Waals surface area contributed by atoms with Crippen LogP contribution in [0.2, 0.25) is 0 Å². The smallest absolute Gasteiger partial charge is 0.147 e. The van der Waals surface area contributed by atoms with Crippen molar-refractivity contribution in [2.75, 3.05) is 6.79 Å². The van der Waals surface area contributed by atoms with Crippen LogP contribution in [-0.4, -0.2) is 19.0 Å². The van der Waals surface area contributed by atoms with Crippen LogP contribution in [0.1, 0.15) is 0 Å². The van der Waals surface area contributed by atoms with Crippen molar-refractivity contribution in [1.29, 1.82) is 0 Å². The van der Waals surface area contributed by atoms with E-state index in [0.29, 0.717) is 24.9 Å². The van der Waals surface area contributed by atoms with Crippen LogP contribution in [0, 0.1) is 23.7 Å². The van der Waals surface area contributed by atoms with Gasteiger partial charge in [-0.3, -0.25) is 0 Å². The maximum atomic E-state index is 5.55. The molecule has 0 aromatic carbocycles. The van der Waals surface area contributed by atoms with Crippen LogP contribution in [0.4, 0.5) is 0 Å². The van der Waals surface area contributed by atoms with Crippen LogP contribution in [0.25, 0.3) is 0 Å². The van der Waals surface area contributed by atoms with Crippen molar-refractivity contribution in [3.8, 4) is 0 Å².